The van der Waals surface area contributed by atoms with Gasteiger partial charge in [-0.05, 0) is 44.4 Å². The van der Waals surface area contributed by atoms with E-state index >= 15 is 0 Å². The zero-order chi connectivity index (χ0) is 18.3. The van der Waals surface area contributed by atoms with Gasteiger partial charge in [-0.25, -0.2) is 4.39 Å². The van der Waals surface area contributed by atoms with Crippen molar-refractivity contribution in [2.75, 3.05) is 19.7 Å². The normalized spacial score (nSPS) is 25.8. The second-order valence-corrected chi connectivity index (χ2v) is 7.42. The first-order valence-corrected chi connectivity index (χ1v) is 8.95. The lowest BCUT2D eigenvalue weighted by Gasteiger charge is -2.27. The number of rotatable bonds is 3. The van der Waals surface area contributed by atoms with Gasteiger partial charge >= 0.3 is 0 Å². The molecule has 1 aromatic heterocycles. The largest absolute Gasteiger partial charge is 0.368 e. The van der Waals surface area contributed by atoms with E-state index in [0.717, 1.165) is 12.8 Å². The van der Waals surface area contributed by atoms with Gasteiger partial charge in [0.2, 0.25) is 5.91 Å². The molecule has 0 aliphatic carbocycles. The molecule has 7 heteroatoms. The molecule has 4 rings (SSSR count). The summed E-state index contributed by atoms with van der Waals surface area (Å²) in [6, 6.07) is 4.41. The Morgan fingerprint density at radius 1 is 1.42 bits per heavy atom. The zero-order valence-electron chi connectivity index (χ0n) is 14.7. The smallest absolute Gasteiger partial charge is 0.256 e. The number of nitrogens with zero attached hydrogens (tertiary/aromatic N) is 1. The highest BCUT2D eigenvalue weighted by molar-refractivity contribution is 6.05. The van der Waals surface area contributed by atoms with Gasteiger partial charge in [-0.15, -0.1) is 0 Å². The number of carbonyl (C=O) groups excluding carboxylic acids is 2. The number of ether oxygens (including phenoxy) is 1. The fourth-order valence-electron chi connectivity index (χ4n) is 3.87. The molecule has 138 valence electrons. The molecule has 2 amide bonds. The number of likely N-dealkylation sites (tertiary alicyclic amines) is 1. The molecule has 2 aliphatic heterocycles. The molecule has 1 aromatic carbocycles. The van der Waals surface area contributed by atoms with Crippen LogP contribution in [-0.2, 0) is 9.53 Å². The molecule has 2 aliphatic rings. The van der Waals surface area contributed by atoms with E-state index in [4.69, 9.17) is 4.74 Å². The van der Waals surface area contributed by atoms with Crippen LogP contribution < -0.4 is 5.32 Å². The van der Waals surface area contributed by atoms with Crippen LogP contribution in [0.1, 0.15) is 36.5 Å². The van der Waals surface area contributed by atoms with Gasteiger partial charge in [-0.3, -0.25) is 9.59 Å². The first kappa shape index (κ1) is 17.0. The molecule has 2 saturated heterocycles. The van der Waals surface area contributed by atoms with Crippen LogP contribution in [0.25, 0.3) is 10.9 Å². The number of nitrogens with one attached hydrogen (secondary N) is 2. The van der Waals surface area contributed by atoms with E-state index in [1.54, 1.807) is 17.2 Å². The average Bonchev–Trinajstić information content (AvgIpc) is 3.33. The predicted octanol–water partition coefficient (Wildman–Crippen LogP) is 2.21. The number of aromatic amines is 1. The summed E-state index contributed by atoms with van der Waals surface area (Å²) in [7, 11) is 0. The molecule has 2 N–H and O–H groups in total. The molecule has 0 saturated carbocycles. The van der Waals surface area contributed by atoms with E-state index in [2.05, 4.69) is 10.3 Å². The number of aromatic nitrogens is 1. The van der Waals surface area contributed by atoms with Gasteiger partial charge < -0.3 is 19.9 Å². The minimum absolute atomic E-state index is 0.114. The number of carbonyl (C=O) groups is 2. The van der Waals surface area contributed by atoms with Crippen LogP contribution in [0, 0.1) is 5.82 Å². The first-order valence-electron chi connectivity index (χ1n) is 8.95. The lowest BCUT2D eigenvalue weighted by Crippen LogP contribution is -2.51. The van der Waals surface area contributed by atoms with Gasteiger partial charge in [0.1, 0.15) is 11.9 Å². The third-order valence-corrected chi connectivity index (χ3v) is 5.26. The summed E-state index contributed by atoms with van der Waals surface area (Å²) >= 11 is 0. The van der Waals surface area contributed by atoms with Crippen molar-refractivity contribution in [3.8, 4) is 0 Å². The van der Waals surface area contributed by atoms with Crippen molar-refractivity contribution >= 4 is 22.7 Å². The highest BCUT2D eigenvalue weighted by Crippen LogP contribution is 2.26. The fourth-order valence-corrected chi connectivity index (χ4v) is 3.87. The van der Waals surface area contributed by atoms with Crippen molar-refractivity contribution in [1.29, 1.82) is 0 Å². The van der Waals surface area contributed by atoms with Crippen molar-refractivity contribution in [3.05, 3.63) is 35.8 Å². The number of fused-ring (bicyclic) bond motifs is 1. The zero-order valence-corrected chi connectivity index (χ0v) is 14.7. The Morgan fingerprint density at radius 3 is 3.04 bits per heavy atom. The average molecular weight is 359 g/mol. The third-order valence-electron chi connectivity index (χ3n) is 5.26. The Kier molecular flexibility index (Phi) is 4.19. The summed E-state index contributed by atoms with van der Waals surface area (Å²) < 4.78 is 19.3. The van der Waals surface area contributed by atoms with Gasteiger partial charge in [-0.1, -0.05) is 0 Å². The van der Waals surface area contributed by atoms with Crippen LogP contribution in [0.5, 0.6) is 0 Å². The topological polar surface area (TPSA) is 74.4 Å². The lowest BCUT2D eigenvalue weighted by atomic mass is 10.0. The number of hydrogen-bond donors (Lipinski definition) is 2. The standard InChI is InChI=1S/C19H22FN3O3/c1-19(22-17(24)15-3-2-8-26-15)5-7-23(11-19)18(25)14-10-13(20)9-12-4-6-21-16(12)14/h4,6,9-10,15,21H,2-3,5,7-8,11H2,1H3,(H,22,24)/t15-,19?/m0/s1. The third kappa shape index (κ3) is 3.07. The molecule has 26 heavy (non-hydrogen) atoms. The van der Waals surface area contributed by atoms with Crippen LogP contribution in [-0.4, -0.2) is 53.0 Å². The summed E-state index contributed by atoms with van der Waals surface area (Å²) in [6.07, 6.45) is 3.58. The van der Waals surface area contributed by atoms with E-state index < -0.39 is 17.5 Å². The molecule has 2 aromatic rings. The number of H-pyrrole nitrogens is 1. The van der Waals surface area contributed by atoms with Crippen molar-refractivity contribution < 1.29 is 18.7 Å². The molecular formula is C19H22FN3O3. The van der Waals surface area contributed by atoms with Gasteiger partial charge in [0.05, 0.1) is 16.6 Å². The fraction of sp³-hybridized carbons (Fsp3) is 0.474. The van der Waals surface area contributed by atoms with E-state index in [9.17, 15) is 14.0 Å². The number of benzene rings is 1. The minimum atomic E-state index is -0.499. The van der Waals surface area contributed by atoms with E-state index in [1.807, 2.05) is 6.92 Å². The van der Waals surface area contributed by atoms with E-state index in [-0.39, 0.29) is 11.8 Å². The summed E-state index contributed by atoms with van der Waals surface area (Å²) in [5.41, 5.74) is 0.453. The maximum atomic E-state index is 13.9. The van der Waals surface area contributed by atoms with Gasteiger partial charge in [-0.2, -0.15) is 0 Å². The lowest BCUT2D eigenvalue weighted by molar-refractivity contribution is -0.131. The summed E-state index contributed by atoms with van der Waals surface area (Å²) in [4.78, 5) is 30.0. The molecular weight excluding hydrogens is 337 g/mol. The van der Waals surface area contributed by atoms with Crippen molar-refractivity contribution in [2.24, 2.45) is 0 Å². The van der Waals surface area contributed by atoms with E-state index in [1.165, 1.54) is 12.1 Å². The second kappa shape index (κ2) is 6.39. The molecule has 6 nitrogen and oxygen atoms in total. The van der Waals surface area contributed by atoms with Gasteiger partial charge in [0, 0.05) is 31.3 Å². The Labute approximate surface area is 150 Å². The van der Waals surface area contributed by atoms with Crippen molar-refractivity contribution in [2.45, 2.75) is 37.8 Å². The maximum Gasteiger partial charge on any atom is 0.256 e. The number of halogens is 1. The second-order valence-electron chi connectivity index (χ2n) is 7.42. The van der Waals surface area contributed by atoms with E-state index in [0.29, 0.717) is 42.6 Å². The van der Waals surface area contributed by atoms with Crippen LogP contribution in [0.2, 0.25) is 0 Å². The molecule has 2 fully saturated rings. The highest BCUT2D eigenvalue weighted by Gasteiger charge is 2.39. The Balaban J connectivity index is 1.49. The van der Waals surface area contributed by atoms with Gasteiger partial charge in [0.15, 0.2) is 0 Å². The molecule has 1 unspecified atom stereocenters. The Hall–Kier alpha value is -2.41. The monoisotopic (exact) mass is 359 g/mol. The predicted molar refractivity (Wildman–Crippen MR) is 94.3 cm³/mol. The maximum absolute atomic E-state index is 13.9. The molecule has 0 spiro atoms. The van der Waals surface area contributed by atoms with Crippen molar-refractivity contribution in [1.82, 2.24) is 15.2 Å². The summed E-state index contributed by atoms with van der Waals surface area (Å²) in [5.74, 6) is -0.780. The SMILES string of the molecule is CC1(NC(=O)[C@@H]2CCCO2)CCN(C(=O)c2cc(F)cc3cc[nH]c23)C1. The van der Waals surface area contributed by atoms with Crippen LogP contribution in [0.4, 0.5) is 4.39 Å². The minimum Gasteiger partial charge on any atom is -0.368 e. The van der Waals surface area contributed by atoms with Crippen LogP contribution in [0.3, 0.4) is 0 Å². The molecule has 0 bridgehead atoms. The van der Waals surface area contributed by atoms with Crippen LogP contribution in [0.15, 0.2) is 24.4 Å². The summed E-state index contributed by atoms with van der Waals surface area (Å²) in [6.45, 7) is 3.46. The van der Waals surface area contributed by atoms with Gasteiger partial charge in [0.25, 0.3) is 5.91 Å². The van der Waals surface area contributed by atoms with Crippen LogP contribution >= 0.6 is 0 Å². The summed E-state index contributed by atoms with van der Waals surface area (Å²) in [5, 5.41) is 3.71. The number of amides is 2. The highest BCUT2D eigenvalue weighted by atomic mass is 19.1. The Morgan fingerprint density at radius 2 is 2.27 bits per heavy atom. The quantitative estimate of drug-likeness (QED) is 0.882. The first-order chi connectivity index (χ1) is 12.5. The number of hydrogen-bond acceptors (Lipinski definition) is 3. The van der Waals surface area contributed by atoms with Crippen molar-refractivity contribution in [3.63, 3.8) is 0 Å². The Bertz CT molecular complexity index is 859. The molecule has 3 heterocycles. The molecule has 0 radical (unpaired) electrons. The molecule has 2 atom stereocenters.